The summed E-state index contributed by atoms with van der Waals surface area (Å²) >= 11 is 0. The van der Waals surface area contributed by atoms with Crippen molar-refractivity contribution in [2.75, 3.05) is 33.9 Å². The number of likely N-dealkylation sites (tertiary alicyclic amines) is 1. The van der Waals surface area contributed by atoms with E-state index in [1.54, 1.807) is 13.3 Å². The second kappa shape index (κ2) is 16.4. The van der Waals surface area contributed by atoms with Gasteiger partial charge >= 0.3 is 0 Å². The van der Waals surface area contributed by atoms with E-state index < -0.39 is 8.07 Å². The molecule has 1 amide bonds. The Morgan fingerprint density at radius 1 is 1.12 bits per heavy atom. The molecule has 1 aromatic carbocycles. The molecular formula is C40H57N7O4Si. The molecule has 1 saturated carbocycles. The minimum atomic E-state index is -1.32. The predicted molar refractivity (Wildman–Crippen MR) is 207 cm³/mol. The summed E-state index contributed by atoms with van der Waals surface area (Å²) in [5.41, 5.74) is 3.48. The number of aromatic nitrogens is 5. The van der Waals surface area contributed by atoms with Gasteiger partial charge in [0.1, 0.15) is 18.3 Å². The molecule has 1 saturated heterocycles. The Labute approximate surface area is 309 Å². The number of Topliss-reactive ketones (excluding diaryl/α,β-unsaturated/α-hetero) is 1. The summed E-state index contributed by atoms with van der Waals surface area (Å²) in [5, 5.41) is 8.82. The number of amides is 1. The van der Waals surface area contributed by atoms with E-state index in [-0.39, 0.29) is 23.3 Å². The lowest BCUT2D eigenvalue weighted by Gasteiger charge is -2.30. The molecule has 3 aromatic heterocycles. The van der Waals surface area contributed by atoms with Crippen LogP contribution in [0.3, 0.4) is 0 Å². The standard InChI is InChI=1S/C40H57N7O4Si/c1-7-31(48)12-9-8-10-13-34(43-38(49)33-26-40(33)16-20-45(2)21-17-40)37-41-27-36(46(37)28-51-22-23-52(4,5)6)32-24-29-14-15-30(47-19-11-18-42-47)25-35(29)44-39(32)50-3/h11,14-15,18-19,24-25,27,33-34H,7-10,12-13,16-17,20-23,26,28H2,1-6H3,(H,43,49)/t33-,34+/m1/s1. The number of rotatable bonds is 18. The zero-order valence-corrected chi connectivity index (χ0v) is 33.0. The number of imidazole rings is 1. The van der Waals surface area contributed by atoms with Crippen LogP contribution in [0.4, 0.5) is 0 Å². The topological polar surface area (TPSA) is 116 Å². The largest absolute Gasteiger partial charge is 0.480 e. The number of pyridine rings is 1. The molecule has 0 bridgehead atoms. The number of methoxy groups -OCH3 is 1. The van der Waals surface area contributed by atoms with Crippen LogP contribution >= 0.6 is 0 Å². The van der Waals surface area contributed by atoms with Crippen molar-refractivity contribution in [1.29, 1.82) is 0 Å². The van der Waals surface area contributed by atoms with Gasteiger partial charge in [-0.25, -0.2) is 14.6 Å². The number of ketones is 1. The molecule has 52 heavy (non-hydrogen) atoms. The molecule has 0 unspecified atom stereocenters. The Morgan fingerprint density at radius 2 is 1.92 bits per heavy atom. The Bertz CT molecular complexity index is 1830. The fourth-order valence-electron chi connectivity index (χ4n) is 7.49. The van der Waals surface area contributed by atoms with Crippen molar-refractivity contribution in [1.82, 2.24) is 34.5 Å². The van der Waals surface area contributed by atoms with E-state index in [0.29, 0.717) is 37.8 Å². The molecule has 2 fully saturated rings. The zero-order chi connectivity index (χ0) is 36.9. The first-order valence-electron chi connectivity index (χ1n) is 19.1. The number of benzene rings is 1. The third-order valence-electron chi connectivity index (χ3n) is 11.1. The Balaban J connectivity index is 1.32. The molecule has 280 valence electrons. The number of nitrogens with zero attached hydrogens (tertiary/aromatic N) is 6. The highest BCUT2D eigenvalue weighted by Gasteiger charge is 2.58. The summed E-state index contributed by atoms with van der Waals surface area (Å²) in [7, 11) is 2.48. The average molecular weight is 728 g/mol. The van der Waals surface area contributed by atoms with Gasteiger partial charge in [-0.2, -0.15) is 5.10 Å². The number of ether oxygens (including phenoxy) is 2. The van der Waals surface area contributed by atoms with Crippen LogP contribution in [0.1, 0.15) is 76.6 Å². The van der Waals surface area contributed by atoms with E-state index in [1.165, 1.54) is 0 Å². The number of piperidine rings is 1. The van der Waals surface area contributed by atoms with Gasteiger partial charge in [-0.05, 0) is 88.0 Å². The minimum absolute atomic E-state index is 0.0400. The number of carbonyl (C=O) groups excluding carboxylic acids is 2. The SMILES string of the molecule is CCC(=O)CCCCC[C@H](NC(=O)[C@H]1CC12CCN(C)CC2)c1ncc(-c2cc3ccc(-n4cccn4)cc3nc2OC)n1COCC[Si](C)(C)C. The van der Waals surface area contributed by atoms with Crippen molar-refractivity contribution in [2.24, 2.45) is 11.3 Å². The molecule has 0 radical (unpaired) electrons. The first-order valence-corrected chi connectivity index (χ1v) is 22.8. The normalized spacial score (nSPS) is 17.8. The Morgan fingerprint density at radius 3 is 2.63 bits per heavy atom. The van der Waals surface area contributed by atoms with Crippen molar-refractivity contribution in [2.45, 2.75) is 103 Å². The van der Waals surface area contributed by atoms with Gasteiger partial charge in [-0.15, -0.1) is 0 Å². The van der Waals surface area contributed by atoms with Crippen molar-refractivity contribution in [3.05, 3.63) is 54.7 Å². The van der Waals surface area contributed by atoms with Crippen molar-refractivity contribution >= 4 is 30.7 Å². The zero-order valence-electron chi connectivity index (χ0n) is 32.0. The van der Waals surface area contributed by atoms with E-state index in [2.05, 4.69) is 58.7 Å². The lowest BCUT2D eigenvalue weighted by atomic mass is 9.91. The Hall–Kier alpha value is -3.87. The van der Waals surface area contributed by atoms with E-state index in [4.69, 9.17) is 19.4 Å². The van der Waals surface area contributed by atoms with Crippen molar-refractivity contribution in [3.63, 3.8) is 0 Å². The second-order valence-corrected chi connectivity index (χ2v) is 21.7. The van der Waals surface area contributed by atoms with Crippen LogP contribution in [0.2, 0.25) is 25.7 Å². The number of hydrogen-bond donors (Lipinski definition) is 1. The predicted octanol–water partition coefficient (Wildman–Crippen LogP) is 7.42. The Kier molecular flexibility index (Phi) is 12.0. The van der Waals surface area contributed by atoms with Crippen LogP contribution in [0.5, 0.6) is 5.88 Å². The molecule has 1 aliphatic heterocycles. The molecule has 2 atom stereocenters. The van der Waals surface area contributed by atoms with E-state index in [9.17, 15) is 9.59 Å². The fraction of sp³-hybridized carbons (Fsp3) is 0.575. The number of fused-ring (bicyclic) bond motifs is 1. The van der Waals surface area contributed by atoms with Crippen LogP contribution < -0.4 is 10.1 Å². The summed E-state index contributed by atoms with van der Waals surface area (Å²) in [6, 6.07) is 10.8. The van der Waals surface area contributed by atoms with Gasteiger partial charge in [0.25, 0.3) is 0 Å². The number of carbonyl (C=O) groups is 2. The molecule has 1 spiro atoms. The van der Waals surface area contributed by atoms with Crippen LogP contribution in [0.15, 0.2) is 48.9 Å². The molecule has 4 aromatic rings. The highest BCUT2D eigenvalue weighted by molar-refractivity contribution is 6.76. The van der Waals surface area contributed by atoms with E-state index >= 15 is 0 Å². The monoisotopic (exact) mass is 727 g/mol. The minimum Gasteiger partial charge on any atom is -0.480 e. The second-order valence-electron chi connectivity index (χ2n) is 16.1. The van der Waals surface area contributed by atoms with Crippen LogP contribution in [-0.2, 0) is 21.1 Å². The number of nitrogens with one attached hydrogen (secondary N) is 1. The lowest BCUT2D eigenvalue weighted by Crippen LogP contribution is -2.36. The molecule has 1 N–H and O–H groups in total. The maximum Gasteiger partial charge on any atom is 0.224 e. The summed E-state index contributed by atoms with van der Waals surface area (Å²) in [4.78, 5) is 38.3. The van der Waals surface area contributed by atoms with E-state index in [1.807, 2.05) is 42.2 Å². The highest BCUT2D eigenvalue weighted by atomic mass is 28.3. The molecule has 2 aliphatic rings. The van der Waals surface area contributed by atoms with Gasteiger partial charge in [0, 0.05) is 51.2 Å². The van der Waals surface area contributed by atoms with Gasteiger partial charge in [-0.3, -0.25) is 9.59 Å². The van der Waals surface area contributed by atoms with Crippen LogP contribution in [0.25, 0.3) is 27.8 Å². The van der Waals surface area contributed by atoms with Crippen LogP contribution in [0, 0.1) is 11.3 Å². The molecule has 4 heterocycles. The third-order valence-corrected chi connectivity index (χ3v) is 12.8. The van der Waals surface area contributed by atoms with E-state index in [0.717, 1.165) is 97.8 Å². The highest BCUT2D eigenvalue weighted by Crippen LogP contribution is 2.59. The lowest BCUT2D eigenvalue weighted by molar-refractivity contribution is -0.124. The molecule has 1 aliphatic carbocycles. The number of hydrogen-bond acceptors (Lipinski definition) is 8. The first kappa shape index (κ1) is 37.9. The van der Waals surface area contributed by atoms with Gasteiger partial charge < -0.3 is 24.3 Å². The maximum atomic E-state index is 14.0. The molecular weight excluding hydrogens is 671 g/mol. The molecule has 6 rings (SSSR count). The van der Waals surface area contributed by atoms with Crippen LogP contribution in [-0.4, -0.2) is 82.8 Å². The van der Waals surface area contributed by atoms with Gasteiger partial charge in [0.05, 0.1) is 41.8 Å². The van der Waals surface area contributed by atoms with Gasteiger partial charge in [0.2, 0.25) is 11.8 Å². The summed E-state index contributed by atoms with van der Waals surface area (Å²) in [5.74, 6) is 1.73. The quantitative estimate of drug-likeness (QED) is 0.0832. The molecule has 11 nitrogen and oxygen atoms in total. The third kappa shape index (κ3) is 9.01. The fourth-order valence-corrected chi connectivity index (χ4v) is 8.25. The van der Waals surface area contributed by atoms with Crippen molar-refractivity contribution in [3.8, 4) is 22.8 Å². The van der Waals surface area contributed by atoms with Gasteiger partial charge in [0.15, 0.2) is 0 Å². The van der Waals surface area contributed by atoms with Gasteiger partial charge in [-0.1, -0.05) is 45.5 Å². The maximum absolute atomic E-state index is 14.0. The number of unbranched alkanes of at least 4 members (excludes halogenated alkanes) is 2. The smallest absolute Gasteiger partial charge is 0.224 e. The first-order chi connectivity index (χ1) is 25.0. The van der Waals surface area contributed by atoms with Crippen molar-refractivity contribution < 1.29 is 19.1 Å². The molecule has 12 heteroatoms. The summed E-state index contributed by atoms with van der Waals surface area (Å²) < 4.78 is 16.2. The summed E-state index contributed by atoms with van der Waals surface area (Å²) in [6.07, 6.45) is 13.2. The summed E-state index contributed by atoms with van der Waals surface area (Å²) in [6.45, 7) is 12.0. The average Bonchev–Trinajstić information content (AvgIpc) is 3.42.